The van der Waals surface area contributed by atoms with Gasteiger partial charge in [0, 0.05) is 33.4 Å². The first-order valence-corrected chi connectivity index (χ1v) is 9.73. The van der Waals surface area contributed by atoms with Gasteiger partial charge in [0.2, 0.25) is 0 Å². The zero-order valence-electron chi connectivity index (χ0n) is 18.9. The maximum Gasteiger partial charge on any atom is 0.410 e. The second kappa shape index (κ2) is 11.9. The molecule has 174 valence electrons. The molecule has 0 unspecified atom stereocenters. The first-order valence-electron chi connectivity index (χ1n) is 9.73. The molecular weight excluding hydrogens is 410 g/mol. The van der Waals surface area contributed by atoms with E-state index < -0.39 is 22.6 Å². The van der Waals surface area contributed by atoms with Crippen molar-refractivity contribution in [3.05, 3.63) is 27.8 Å². The van der Waals surface area contributed by atoms with Gasteiger partial charge in [-0.2, -0.15) is 0 Å². The molecule has 0 atom stereocenters. The number of nitrogens with zero attached hydrogens (tertiary/aromatic N) is 2. The van der Waals surface area contributed by atoms with Gasteiger partial charge in [0.15, 0.2) is 5.75 Å². The predicted molar refractivity (Wildman–Crippen MR) is 114 cm³/mol. The molecule has 0 aromatic heterocycles. The molecule has 1 aromatic carbocycles. The predicted octanol–water partition coefficient (Wildman–Crippen LogP) is 3.08. The molecular formula is C20H31N3O8. The molecule has 0 aliphatic carbocycles. The molecule has 1 aromatic rings. The fourth-order valence-corrected chi connectivity index (χ4v) is 2.20. The fraction of sp³-hybridized carbons (Fsp3) is 0.600. The van der Waals surface area contributed by atoms with Crippen molar-refractivity contribution in [2.24, 2.45) is 0 Å². The van der Waals surface area contributed by atoms with Gasteiger partial charge in [-0.3, -0.25) is 10.1 Å². The molecule has 1 saturated heterocycles. The smallest absolute Gasteiger partial charge is 0.410 e. The number of carbonyl (C=O) groups is 2. The van der Waals surface area contributed by atoms with Crippen LogP contribution in [0.4, 0.5) is 16.2 Å². The van der Waals surface area contributed by atoms with Gasteiger partial charge in [-0.25, -0.2) is 9.59 Å². The normalized spacial score (nSPS) is 12.5. The van der Waals surface area contributed by atoms with Crippen molar-refractivity contribution in [2.45, 2.75) is 32.8 Å². The molecule has 31 heavy (non-hydrogen) atoms. The maximum absolute atomic E-state index is 11.9. The van der Waals surface area contributed by atoms with Gasteiger partial charge in [0.05, 0.1) is 24.1 Å². The third kappa shape index (κ3) is 8.67. The van der Waals surface area contributed by atoms with Crippen LogP contribution in [0.3, 0.4) is 0 Å². The van der Waals surface area contributed by atoms with Gasteiger partial charge < -0.3 is 29.2 Å². The summed E-state index contributed by atoms with van der Waals surface area (Å²) in [4.78, 5) is 35.8. The Hall–Kier alpha value is -3.08. The summed E-state index contributed by atoms with van der Waals surface area (Å²) in [6, 6.07) is 2.54. The molecule has 1 heterocycles. The highest BCUT2D eigenvalue weighted by atomic mass is 16.6. The molecule has 1 fully saturated rings. The van der Waals surface area contributed by atoms with E-state index in [0.717, 1.165) is 13.2 Å². The average molecular weight is 441 g/mol. The van der Waals surface area contributed by atoms with E-state index in [0.29, 0.717) is 0 Å². The molecule has 0 saturated carbocycles. The number of ether oxygens (including phenoxy) is 4. The molecule has 0 radical (unpaired) electrons. The van der Waals surface area contributed by atoms with Crippen molar-refractivity contribution < 1.29 is 33.5 Å². The summed E-state index contributed by atoms with van der Waals surface area (Å²) < 4.78 is 20.1. The number of nitro benzene ring substituents is 1. The van der Waals surface area contributed by atoms with E-state index in [1.165, 1.54) is 44.7 Å². The number of nitro groups is 1. The lowest BCUT2D eigenvalue weighted by Gasteiger charge is -2.24. The lowest BCUT2D eigenvalue weighted by atomic mass is 10.1. The molecule has 11 heteroatoms. The van der Waals surface area contributed by atoms with Crippen LogP contribution in [0.15, 0.2) is 12.1 Å². The average Bonchev–Trinajstić information content (AvgIpc) is 2.63. The number of hydrogen-bond donors (Lipinski definition) is 1. The number of carbonyl (C=O) groups excluding carboxylic acids is 2. The van der Waals surface area contributed by atoms with Gasteiger partial charge in [-0.1, -0.05) is 0 Å². The highest BCUT2D eigenvalue weighted by molar-refractivity contribution is 5.93. The zero-order chi connectivity index (χ0) is 23.6. The summed E-state index contributed by atoms with van der Waals surface area (Å²) in [6.45, 7) is 7.33. The summed E-state index contributed by atoms with van der Waals surface area (Å²) >= 11 is 0. The largest absolute Gasteiger partial charge is 0.485 e. The molecule has 0 spiro atoms. The van der Waals surface area contributed by atoms with Crippen LogP contribution in [-0.2, 0) is 14.2 Å². The Kier molecular flexibility index (Phi) is 10.00. The number of amides is 1. The van der Waals surface area contributed by atoms with Crippen LogP contribution in [0, 0.1) is 10.1 Å². The second-order valence-corrected chi connectivity index (χ2v) is 7.59. The van der Waals surface area contributed by atoms with Crippen molar-refractivity contribution in [3.8, 4) is 5.75 Å². The molecule has 2 rings (SSSR count). The number of anilines is 1. The lowest BCUT2D eigenvalue weighted by molar-refractivity contribution is -0.384. The van der Waals surface area contributed by atoms with Crippen LogP contribution >= 0.6 is 0 Å². The van der Waals surface area contributed by atoms with Gasteiger partial charge in [-0.05, 0) is 33.3 Å². The summed E-state index contributed by atoms with van der Waals surface area (Å²) in [5.41, 5.74) is -0.743. The number of methoxy groups -OCH3 is 1. The first kappa shape index (κ1) is 26.0. The Balaban J connectivity index is 0.00000107. The van der Waals surface area contributed by atoms with Crippen molar-refractivity contribution in [2.75, 3.05) is 52.9 Å². The van der Waals surface area contributed by atoms with Gasteiger partial charge in [-0.15, -0.1) is 0 Å². The topological polar surface area (TPSA) is 129 Å². The number of benzene rings is 1. The van der Waals surface area contributed by atoms with E-state index in [4.69, 9.17) is 14.2 Å². The van der Waals surface area contributed by atoms with E-state index in [1.54, 1.807) is 20.8 Å². The van der Waals surface area contributed by atoms with Crippen LogP contribution in [0.5, 0.6) is 5.75 Å². The number of hydrogen-bond acceptors (Lipinski definition) is 9. The van der Waals surface area contributed by atoms with Crippen LogP contribution in [0.2, 0.25) is 0 Å². The summed E-state index contributed by atoms with van der Waals surface area (Å²) in [7, 11) is 4.22. The van der Waals surface area contributed by atoms with Crippen molar-refractivity contribution >= 4 is 23.4 Å². The molecule has 1 aliphatic rings. The third-order valence-electron chi connectivity index (χ3n) is 3.91. The molecule has 1 aliphatic heterocycles. The summed E-state index contributed by atoms with van der Waals surface area (Å²) in [5, 5.41) is 14.1. The van der Waals surface area contributed by atoms with E-state index in [2.05, 4.69) is 10.1 Å². The number of likely N-dealkylation sites (N-methyl/N-ethyl adjacent to an activating group) is 1. The highest BCUT2D eigenvalue weighted by Gasteiger charge is 2.25. The number of nitrogens with one attached hydrogen (secondary N) is 1. The lowest BCUT2D eigenvalue weighted by Crippen LogP contribution is -2.36. The van der Waals surface area contributed by atoms with Crippen LogP contribution in [0.25, 0.3) is 0 Å². The van der Waals surface area contributed by atoms with Crippen LogP contribution in [-0.4, -0.2) is 75.1 Å². The minimum Gasteiger partial charge on any atom is -0.485 e. The Morgan fingerprint density at radius 3 is 2.29 bits per heavy atom. The van der Waals surface area contributed by atoms with Crippen molar-refractivity contribution in [1.82, 2.24) is 4.90 Å². The zero-order valence-corrected chi connectivity index (χ0v) is 18.9. The number of esters is 1. The highest BCUT2D eigenvalue weighted by Crippen LogP contribution is 2.36. The quantitative estimate of drug-likeness (QED) is 0.385. The van der Waals surface area contributed by atoms with Gasteiger partial charge in [0.25, 0.3) is 0 Å². The monoisotopic (exact) mass is 441 g/mol. The Labute approximate surface area is 181 Å². The van der Waals surface area contributed by atoms with Crippen LogP contribution in [0.1, 0.15) is 37.6 Å². The standard InChI is InChI=1S/C17H25N3O7.C3H6O/c1-17(2,3)27-16(22)19(5)7-8-26-13-10-11(15(21)25-6)9-12(18-4)14(13)20(23)24;1-2-4-3-1/h9-10,18H,7-8H2,1-6H3;1-3H2. The van der Waals surface area contributed by atoms with E-state index >= 15 is 0 Å². The molecule has 11 nitrogen and oxygen atoms in total. The first-order chi connectivity index (χ1) is 14.5. The van der Waals surface area contributed by atoms with Crippen molar-refractivity contribution in [1.29, 1.82) is 0 Å². The maximum atomic E-state index is 11.9. The Bertz CT molecular complexity index is 768. The fourth-order valence-electron chi connectivity index (χ4n) is 2.20. The molecule has 1 amide bonds. The van der Waals surface area contributed by atoms with E-state index in [9.17, 15) is 19.7 Å². The van der Waals surface area contributed by atoms with E-state index in [-0.39, 0.29) is 35.8 Å². The Morgan fingerprint density at radius 2 is 1.87 bits per heavy atom. The number of rotatable bonds is 7. The second-order valence-electron chi connectivity index (χ2n) is 7.59. The SMILES string of the molecule is C1COC1.CNc1cc(C(=O)OC)cc(OCCN(C)C(=O)OC(C)(C)C)c1[N+](=O)[O-]. The van der Waals surface area contributed by atoms with Crippen molar-refractivity contribution in [3.63, 3.8) is 0 Å². The van der Waals surface area contributed by atoms with Gasteiger partial charge in [0.1, 0.15) is 17.9 Å². The third-order valence-corrected chi connectivity index (χ3v) is 3.91. The van der Waals surface area contributed by atoms with E-state index in [1.807, 2.05) is 0 Å². The Morgan fingerprint density at radius 1 is 1.29 bits per heavy atom. The minimum atomic E-state index is -0.655. The summed E-state index contributed by atoms with van der Waals surface area (Å²) in [6.07, 6.45) is 0.736. The minimum absolute atomic E-state index is 0.0373. The summed E-state index contributed by atoms with van der Waals surface area (Å²) in [5.74, 6) is -0.762. The molecule has 1 N–H and O–H groups in total. The molecule has 0 bridgehead atoms. The van der Waals surface area contributed by atoms with Gasteiger partial charge >= 0.3 is 17.7 Å². The van der Waals surface area contributed by atoms with Crippen LogP contribution < -0.4 is 10.1 Å².